The summed E-state index contributed by atoms with van der Waals surface area (Å²) in [5.41, 5.74) is 1.29. The van der Waals surface area contributed by atoms with E-state index in [1.807, 2.05) is 34.9 Å². The summed E-state index contributed by atoms with van der Waals surface area (Å²) in [7, 11) is 0. The van der Waals surface area contributed by atoms with Gasteiger partial charge < -0.3 is 10.4 Å². The molecule has 0 bridgehead atoms. The molecule has 2 N–H and O–H groups in total. The number of phenols is 1. The second-order valence-electron chi connectivity index (χ2n) is 3.71. The van der Waals surface area contributed by atoms with E-state index in [2.05, 4.69) is 10.3 Å². The van der Waals surface area contributed by atoms with Gasteiger partial charge in [0, 0.05) is 10.9 Å². The van der Waals surface area contributed by atoms with E-state index in [1.165, 1.54) is 6.07 Å². The van der Waals surface area contributed by atoms with Gasteiger partial charge >= 0.3 is 0 Å². The second kappa shape index (κ2) is 5.66. The Balaban J connectivity index is 2.01. The van der Waals surface area contributed by atoms with Crippen molar-refractivity contribution >= 4 is 39.8 Å². The van der Waals surface area contributed by atoms with E-state index in [0.717, 1.165) is 14.3 Å². The zero-order valence-corrected chi connectivity index (χ0v) is 12.6. The Hall–Kier alpha value is -1.15. The molecule has 1 aromatic carbocycles. The van der Waals surface area contributed by atoms with Crippen molar-refractivity contribution in [2.45, 2.75) is 13.5 Å². The van der Waals surface area contributed by atoms with Crippen molar-refractivity contribution < 1.29 is 9.90 Å². The number of hydrogen-bond donors (Lipinski definition) is 2. The Morgan fingerprint density at radius 3 is 2.94 bits per heavy atom. The Labute approximate surface area is 122 Å². The number of carbonyl (C=O) groups is 1. The number of nitrogens with zero attached hydrogens (tertiary/aromatic N) is 1. The number of hydrogen-bond acceptors (Lipinski definition) is 4. The number of phenolic OH excluding ortho intramolecular Hbond substituents is 1. The van der Waals surface area contributed by atoms with E-state index in [-0.39, 0.29) is 11.7 Å². The first-order valence-electron chi connectivity index (χ1n) is 5.24. The van der Waals surface area contributed by atoms with Gasteiger partial charge in [-0.25, -0.2) is 4.98 Å². The molecule has 1 heterocycles. The molecule has 0 aliphatic rings. The van der Waals surface area contributed by atoms with Crippen molar-refractivity contribution in [2.75, 3.05) is 0 Å². The fraction of sp³-hybridized carbons (Fsp3) is 0.167. The number of aromatic nitrogens is 1. The summed E-state index contributed by atoms with van der Waals surface area (Å²) in [4.78, 5) is 16.1. The molecule has 2 aromatic rings. The number of aryl methyl sites for hydroxylation is 1. The van der Waals surface area contributed by atoms with Crippen molar-refractivity contribution in [3.8, 4) is 5.75 Å². The quantitative estimate of drug-likeness (QED) is 0.813. The lowest BCUT2D eigenvalue weighted by molar-refractivity contribution is 0.0950. The minimum atomic E-state index is -0.215. The van der Waals surface area contributed by atoms with Gasteiger partial charge in [-0.15, -0.1) is 11.3 Å². The predicted octanol–water partition coefficient (Wildman–Crippen LogP) is 2.69. The van der Waals surface area contributed by atoms with Crippen molar-refractivity contribution in [1.29, 1.82) is 0 Å². The lowest BCUT2D eigenvalue weighted by Gasteiger charge is -2.04. The van der Waals surface area contributed by atoms with E-state index in [4.69, 9.17) is 0 Å². The van der Waals surface area contributed by atoms with Crippen LogP contribution >= 0.6 is 33.9 Å². The minimum absolute atomic E-state index is 0.118. The molecule has 0 saturated carbocycles. The summed E-state index contributed by atoms with van der Waals surface area (Å²) in [6, 6.07) is 4.85. The molecule has 0 fully saturated rings. The van der Waals surface area contributed by atoms with Crippen molar-refractivity contribution in [2.24, 2.45) is 0 Å². The lowest BCUT2D eigenvalue weighted by Crippen LogP contribution is -2.22. The van der Waals surface area contributed by atoms with Crippen LogP contribution in [-0.4, -0.2) is 16.0 Å². The molecule has 0 radical (unpaired) electrons. The van der Waals surface area contributed by atoms with E-state index < -0.39 is 0 Å². The van der Waals surface area contributed by atoms with E-state index in [0.29, 0.717) is 12.1 Å². The van der Waals surface area contributed by atoms with Gasteiger partial charge in [-0.2, -0.15) is 0 Å². The molecule has 1 amide bonds. The van der Waals surface area contributed by atoms with Crippen molar-refractivity contribution in [3.05, 3.63) is 43.4 Å². The van der Waals surface area contributed by atoms with Crippen LogP contribution in [0, 0.1) is 10.5 Å². The fourth-order valence-corrected chi connectivity index (χ4v) is 2.36. The molecular weight excluding hydrogens is 363 g/mol. The molecule has 18 heavy (non-hydrogen) atoms. The van der Waals surface area contributed by atoms with Gasteiger partial charge in [0.05, 0.1) is 20.8 Å². The molecular formula is C12H11IN2O2S. The number of aromatic hydroxyl groups is 1. The number of carbonyl (C=O) groups excluding carboxylic acids is 1. The highest BCUT2D eigenvalue weighted by Gasteiger charge is 2.08. The summed E-state index contributed by atoms with van der Waals surface area (Å²) in [5, 5.41) is 15.2. The molecule has 2 rings (SSSR count). The molecule has 4 nitrogen and oxygen atoms in total. The zero-order valence-electron chi connectivity index (χ0n) is 9.61. The van der Waals surface area contributed by atoms with Gasteiger partial charge in [-0.1, -0.05) is 0 Å². The number of nitrogens with one attached hydrogen (secondary N) is 1. The fourth-order valence-electron chi connectivity index (χ4n) is 1.42. The molecule has 1 aromatic heterocycles. The van der Waals surface area contributed by atoms with Gasteiger partial charge in [-0.3, -0.25) is 4.79 Å². The smallest absolute Gasteiger partial charge is 0.251 e. The highest BCUT2D eigenvalue weighted by molar-refractivity contribution is 14.1. The number of thiazole rings is 1. The molecule has 6 heteroatoms. The van der Waals surface area contributed by atoms with Crippen LogP contribution in [0.1, 0.15) is 21.1 Å². The van der Waals surface area contributed by atoms with Gasteiger partial charge in [0.2, 0.25) is 0 Å². The van der Waals surface area contributed by atoms with Gasteiger partial charge in [0.15, 0.2) is 0 Å². The largest absolute Gasteiger partial charge is 0.507 e. The summed E-state index contributed by atoms with van der Waals surface area (Å²) in [6.07, 6.45) is 0. The Kier molecular flexibility index (Phi) is 4.18. The third-order valence-electron chi connectivity index (χ3n) is 2.30. The van der Waals surface area contributed by atoms with Gasteiger partial charge in [0.25, 0.3) is 5.91 Å². The van der Waals surface area contributed by atoms with Gasteiger partial charge in [0.1, 0.15) is 5.75 Å². The maximum atomic E-state index is 11.8. The average Bonchev–Trinajstić information content (AvgIpc) is 2.75. The van der Waals surface area contributed by atoms with Gasteiger partial charge in [-0.05, 0) is 47.7 Å². The Morgan fingerprint density at radius 1 is 1.56 bits per heavy atom. The van der Waals surface area contributed by atoms with Crippen LogP contribution in [0.4, 0.5) is 0 Å². The van der Waals surface area contributed by atoms with Crippen LogP contribution in [0.3, 0.4) is 0 Å². The Bertz CT molecular complexity index is 583. The number of rotatable bonds is 3. The van der Waals surface area contributed by atoms with Crippen LogP contribution in [0.15, 0.2) is 23.6 Å². The number of benzene rings is 1. The topological polar surface area (TPSA) is 62.2 Å². The maximum absolute atomic E-state index is 11.8. The zero-order chi connectivity index (χ0) is 13.1. The van der Waals surface area contributed by atoms with Crippen LogP contribution in [0.5, 0.6) is 5.75 Å². The van der Waals surface area contributed by atoms with E-state index >= 15 is 0 Å². The number of amides is 1. The van der Waals surface area contributed by atoms with E-state index in [9.17, 15) is 9.90 Å². The summed E-state index contributed by atoms with van der Waals surface area (Å²) >= 11 is 3.56. The minimum Gasteiger partial charge on any atom is -0.507 e. The molecule has 0 spiro atoms. The summed E-state index contributed by atoms with van der Waals surface area (Å²) < 4.78 is 0.722. The molecule has 0 aliphatic heterocycles. The van der Waals surface area contributed by atoms with Crippen LogP contribution < -0.4 is 5.32 Å². The molecule has 94 valence electrons. The summed E-state index contributed by atoms with van der Waals surface area (Å²) in [6.45, 7) is 2.32. The van der Waals surface area contributed by atoms with Crippen molar-refractivity contribution in [1.82, 2.24) is 10.3 Å². The van der Waals surface area contributed by atoms with Crippen LogP contribution in [0.25, 0.3) is 0 Å². The lowest BCUT2D eigenvalue weighted by atomic mass is 10.2. The highest BCUT2D eigenvalue weighted by Crippen LogP contribution is 2.20. The monoisotopic (exact) mass is 374 g/mol. The predicted molar refractivity (Wildman–Crippen MR) is 78.8 cm³/mol. The number of halogens is 1. The first-order valence-corrected chi connectivity index (χ1v) is 7.20. The van der Waals surface area contributed by atoms with Crippen molar-refractivity contribution in [3.63, 3.8) is 0 Å². The maximum Gasteiger partial charge on any atom is 0.251 e. The summed E-state index contributed by atoms with van der Waals surface area (Å²) in [5.74, 6) is -0.0971. The molecule has 0 unspecified atom stereocenters. The van der Waals surface area contributed by atoms with Crippen LogP contribution in [-0.2, 0) is 6.54 Å². The Morgan fingerprint density at radius 2 is 2.33 bits per heavy atom. The first kappa shape index (κ1) is 13.3. The third-order valence-corrected chi connectivity index (χ3v) is 4.04. The second-order valence-corrected chi connectivity index (χ2v) is 5.93. The third kappa shape index (κ3) is 3.20. The SMILES string of the molecule is Cc1nc(CNC(=O)c2ccc(I)c(O)c2)cs1. The average molecular weight is 374 g/mol. The molecule has 0 atom stereocenters. The molecule has 0 saturated heterocycles. The normalized spacial score (nSPS) is 10.3. The van der Waals surface area contributed by atoms with E-state index in [1.54, 1.807) is 23.5 Å². The first-order chi connectivity index (χ1) is 8.56. The highest BCUT2D eigenvalue weighted by atomic mass is 127. The standard InChI is InChI=1S/C12H11IN2O2S/c1-7-15-9(6-18-7)5-14-12(17)8-2-3-10(13)11(16)4-8/h2-4,6,16H,5H2,1H3,(H,14,17). The van der Waals surface area contributed by atoms with Crippen LogP contribution in [0.2, 0.25) is 0 Å². The molecule has 0 aliphatic carbocycles.